The van der Waals surface area contributed by atoms with Crippen LogP contribution in [-0.2, 0) is 24.0 Å². The number of aliphatic hydroxyl groups excluding tert-OH is 2. The molecule has 0 heterocycles. The van der Waals surface area contributed by atoms with Gasteiger partial charge in [0.2, 0.25) is 17.7 Å². The van der Waals surface area contributed by atoms with Crippen molar-refractivity contribution in [1.82, 2.24) is 16.0 Å². The SMILES string of the molecule is CSCCC(NC(=O)C(CO)NC(=O)C(CC(=O)O)NC(=O)C(N)C(C)O)C(=O)O. The van der Waals surface area contributed by atoms with Crippen molar-refractivity contribution in [2.24, 2.45) is 5.73 Å². The van der Waals surface area contributed by atoms with Gasteiger partial charge in [0, 0.05) is 0 Å². The Balaban J connectivity index is 5.22. The molecule has 0 saturated heterocycles. The molecule has 0 aliphatic heterocycles. The molecule has 5 unspecified atom stereocenters. The van der Waals surface area contributed by atoms with E-state index >= 15 is 0 Å². The maximum atomic E-state index is 12.4. The fourth-order valence-electron chi connectivity index (χ4n) is 2.10. The molecule has 0 aliphatic rings. The second-order valence-electron chi connectivity index (χ2n) is 6.35. The summed E-state index contributed by atoms with van der Waals surface area (Å²) in [5.41, 5.74) is 5.44. The highest BCUT2D eigenvalue weighted by molar-refractivity contribution is 7.98. The fraction of sp³-hybridized carbons (Fsp3) is 0.688. The Labute approximate surface area is 176 Å². The molecule has 0 fully saturated rings. The summed E-state index contributed by atoms with van der Waals surface area (Å²) < 4.78 is 0. The van der Waals surface area contributed by atoms with Crippen molar-refractivity contribution in [3.8, 4) is 0 Å². The molecule has 0 aromatic heterocycles. The minimum Gasteiger partial charge on any atom is -0.481 e. The standard InChI is InChI=1S/C16H28N4O9S/c1-7(22)12(17)15(27)19-9(5-11(23)24)13(25)20-10(6-21)14(26)18-8(16(28)29)3-4-30-2/h7-10,12,21-22H,3-6,17H2,1-2H3,(H,18,26)(H,19,27)(H,20,25)(H,23,24)(H,28,29). The summed E-state index contributed by atoms with van der Waals surface area (Å²) in [5, 5.41) is 43.1. The first-order valence-electron chi connectivity index (χ1n) is 8.83. The first-order valence-corrected chi connectivity index (χ1v) is 10.2. The van der Waals surface area contributed by atoms with Crippen molar-refractivity contribution in [3.05, 3.63) is 0 Å². The summed E-state index contributed by atoms with van der Waals surface area (Å²) in [6.07, 6.45) is -0.292. The highest BCUT2D eigenvalue weighted by Crippen LogP contribution is 2.02. The summed E-state index contributed by atoms with van der Waals surface area (Å²) in [6, 6.07) is -5.94. The van der Waals surface area contributed by atoms with Crippen molar-refractivity contribution in [1.29, 1.82) is 0 Å². The molecule has 0 aromatic rings. The van der Waals surface area contributed by atoms with Gasteiger partial charge in [-0.2, -0.15) is 11.8 Å². The number of hydrogen-bond donors (Lipinski definition) is 8. The molecule has 0 rings (SSSR count). The lowest BCUT2D eigenvalue weighted by Gasteiger charge is -2.24. The number of hydrogen-bond acceptors (Lipinski definition) is 9. The zero-order chi connectivity index (χ0) is 23.4. The average Bonchev–Trinajstić information content (AvgIpc) is 2.66. The summed E-state index contributed by atoms with van der Waals surface area (Å²) in [5.74, 6) is -5.44. The van der Waals surface area contributed by atoms with E-state index in [1.807, 2.05) is 0 Å². The van der Waals surface area contributed by atoms with Crippen LogP contribution in [-0.4, -0.2) is 99.0 Å². The van der Waals surface area contributed by atoms with Crippen LogP contribution in [0.3, 0.4) is 0 Å². The molecule has 13 nitrogen and oxygen atoms in total. The number of aliphatic carboxylic acids is 2. The molecule has 0 aliphatic carbocycles. The van der Waals surface area contributed by atoms with Gasteiger partial charge < -0.3 is 42.1 Å². The highest BCUT2D eigenvalue weighted by Gasteiger charge is 2.31. The molecule has 3 amide bonds. The van der Waals surface area contributed by atoms with Crippen LogP contribution in [0, 0.1) is 0 Å². The van der Waals surface area contributed by atoms with Crippen LogP contribution in [0.25, 0.3) is 0 Å². The van der Waals surface area contributed by atoms with Gasteiger partial charge in [-0.15, -0.1) is 0 Å². The van der Waals surface area contributed by atoms with Crippen molar-refractivity contribution >= 4 is 41.4 Å². The second-order valence-corrected chi connectivity index (χ2v) is 7.34. The van der Waals surface area contributed by atoms with Gasteiger partial charge in [-0.3, -0.25) is 19.2 Å². The van der Waals surface area contributed by atoms with Crippen molar-refractivity contribution in [3.63, 3.8) is 0 Å². The zero-order valence-electron chi connectivity index (χ0n) is 16.5. The minimum absolute atomic E-state index is 0.100. The molecule has 172 valence electrons. The Morgan fingerprint density at radius 3 is 1.87 bits per heavy atom. The Hall–Kier alpha value is -2.42. The Bertz CT molecular complexity index is 632. The number of carboxylic acid groups (broad SMARTS) is 2. The van der Waals surface area contributed by atoms with E-state index in [0.717, 1.165) is 0 Å². The van der Waals surface area contributed by atoms with E-state index in [1.165, 1.54) is 18.7 Å². The Kier molecular flexibility index (Phi) is 12.6. The molecule has 14 heteroatoms. The molecule has 0 spiro atoms. The third kappa shape index (κ3) is 9.87. The number of carbonyl (C=O) groups is 5. The van der Waals surface area contributed by atoms with Gasteiger partial charge in [0.25, 0.3) is 0 Å². The van der Waals surface area contributed by atoms with E-state index in [1.54, 1.807) is 6.26 Å². The minimum atomic E-state index is -1.66. The lowest BCUT2D eigenvalue weighted by atomic mass is 10.1. The van der Waals surface area contributed by atoms with E-state index in [-0.39, 0.29) is 6.42 Å². The molecular weight excluding hydrogens is 424 g/mol. The molecule has 30 heavy (non-hydrogen) atoms. The fourth-order valence-corrected chi connectivity index (χ4v) is 2.57. The molecule has 9 N–H and O–H groups in total. The molecule has 0 radical (unpaired) electrons. The average molecular weight is 452 g/mol. The van der Waals surface area contributed by atoms with E-state index in [0.29, 0.717) is 5.75 Å². The van der Waals surface area contributed by atoms with Crippen molar-refractivity contribution in [2.75, 3.05) is 18.6 Å². The monoisotopic (exact) mass is 452 g/mol. The van der Waals surface area contributed by atoms with E-state index in [2.05, 4.69) is 16.0 Å². The third-order valence-electron chi connectivity index (χ3n) is 3.87. The van der Waals surface area contributed by atoms with Crippen molar-refractivity contribution in [2.45, 2.75) is 50.0 Å². The number of nitrogens with one attached hydrogen (secondary N) is 3. The van der Waals surface area contributed by atoms with E-state index in [4.69, 9.17) is 15.9 Å². The van der Waals surface area contributed by atoms with Gasteiger partial charge in [-0.1, -0.05) is 0 Å². The van der Waals surface area contributed by atoms with Gasteiger partial charge in [-0.25, -0.2) is 4.79 Å². The molecule has 5 atom stereocenters. The smallest absolute Gasteiger partial charge is 0.326 e. The number of thioether (sulfide) groups is 1. The van der Waals surface area contributed by atoms with Crippen LogP contribution < -0.4 is 21.7 Å². The number of nitrogens with two attached hydrogens (primary N) is 1. The second kappa shape index (κ2) is 13.7. The molecule has 0 aromatic carbocycles. The maximum Gasteiger partial charge on any atom is 0.326 e. The van der Waals surface area contributed by atoms with E-state index < -0.39 is 73.0 Å². The van der Waals surface area contributed by atoms with Gasteiger partial charge in [-0.05, 0) is 25.4 Å². The number of carbonyl (C=O) groups excluding carboxylic acids is 3. The van der Waals surface area contributed by atoms with Crippen LogP contribution >= 0.6 is 11.8 Å². The first-order chi connectivity index (χ1) is 13.9. The Morgan fingerprint density at radius 1 is 0.933 bits per heavy atom. The maximum absolute atomic E-state index is 12.4. The summed E-state index contributed by atoms with van der Waals surface area (Å²) >= 11 is 1.36. The van der Waals surface area contributed by atoms with Gasteiger partial charge in [0.05, 0.1) is 19.1 Å². The van der Waals surface area contributed by atoms with Crippen LogP contribution in [0.4, 0.5) is 0 Å². The van der Waals surface area contributed by atoms with Gasteiger partial charge in [0.15, 0.2) is 0 Å². The number of rotatable bonds is 14. The number of carboxylic acids is 2. The predicted molar refractivity (Wildman–Crippen MR) is 105 cm³/mol. The molecule has 0 bridgehead atoms. The van der Waals surface area contributed by atoms with Crippen molar-refractivity contribution < 1.29 is 44.4 Å². The lowest BCUT2D eigenvalue weighted by molar-refractivity contribution is -0.143. The molecular formula is C16H28N4O9S. The predicted octanol–water partition coefficient (Wildman–Crippen LogP) is -3.55. The topological polar surface area (TPSA) is 228 Å². The number of amides is 3. The third-order valence-corrected chi connectivity index (χ3v) is 4.52. The summed E-state index contributed by atoms with van der Waals surface area (Å²) in [4.78, 5) is 58.8. The van der Waals surface area contributed by atoms with E-state index in [9.17, 15) is 34.2 Å². The highest BCUT2D eigenvalue weighted by atomic mass is 32.2. The zero-order valence-corrected chi connectivity index (χ0v) is 17.3. The lowest BCUT2D eigenvalue weighted by Crippen LogP contribution is -2.59. The summed E-state index contributed by atoms with van der Waals surface area (Å²) in [7, 11) is 0. The Morgan fingerprint density at radius 2 is 1.43 bits per heavy atom. The van der Waals surface area contributed by atoms with Crippen LogP contribution in [0.2, 0.25) is 0 Å². The van der Waals surface area contributed by atoms with Crippen LogP contribution in [0.1, 0.15) is 19.8 Å². The van der Waals surface area contributed by atoms with Gasteiger partial charge in [0.1, 0.15) is 24.2 Å². The van der Waals surface area contributed by atoms with Gasteiger partial charge >= 0.3 is 11.9 Å². The quantitative estimate of drug-likeness (QED) is 0.129. The van der Waals surface area contributed by atoms with Crippen LogP contribution in [0.15, 0.2) is 0 Å². The largest absolute Gasteiger partial charge is 0.481 e. The van der Waals surface area contributed by atoms with Crippen LogP contribution in [0.5, 0.6) is 0 Å². The molecule has 0 saturated carbocycles. The normalized spacial score (nSPS) is 15.8. The first kappa shape index (κ1) is 27.6. The summed E-state index contributed by atoms with van der Waals surface area (Å²) in [6.45, 7) is 0.311. The number of aliphatic hydroxyl groups is 2.